The van der Waals surface area contributed by atoms with Gasteiger partial charge < -0.3 is 14.5 Å². The third-order valence-electron chi connectivity index (χ3n) is 2.96. The molecule has 0 aliphatic carbocycles. The van der Waals surface area contributed by atoms with Gasteiger partial charge >= 0.3 is 5.97 Å². The Balaban J connectivity index is 2.26. The standard InChI is InChI=1S/C17H14N2O6/c1-2-9-25-17(21)14(18-16(20)15-4-3-10-24-15)11-12-5-7-13(8-6-12)19(22)23/h2-8,10-11H,1,9H2,(H,18,20)/b14-11+. The number of amides is 1. The van der Waals surface area contributed by atoms with Gasteiger partial charge in [-0.2, -0.15) is 0 Å². The number of ether oxygens (including phenoxy) is 1. The highest BCUT2D eigenvalue weighted by atomic mass is 16.6. The van der Waals surface area contributed by atoms with E-state index in [2.05, 4.69) is 11.9 Å². The van der Waals surface area contributed by atoms with Gasteiger partial charge in [0, 0.05) is 12.1 Å². The van der Waals surface area contributed by atoms with Gasteiger partial charge in [0.15, 0.2) is 5.76 Å². The summed E-state index contributed by atoms with van der Waals surface area (Å²) in [6.45, 7) is 3.41. The number of nitro groups is 1. The minimum Gasteiger partial charge on any atom is -0.459 e. The molecule has 128 valence electrons. The molecule has 0 atom stereocenters. The van der Waals surface area contributed by atoms with E-state index in [0.717, 1.165) is 0 Å². The second-order valence-electron chi connectivity index (χ2n) is 4.73. The minimum absolute atomic E-state index is 0.0196. The van der Waals surface area contributed by atoms with E-state index in [1.807, 2.05) is 0 Å². The molecule has 0 aliphatic rings. The summed E-state index contributed by atoms with van der Waals surface area (Å²) >= 11 is 0. The predicted molar refractivity (Wildman–Crippen MR) is 88.4 cm³/mol. The zero-order valence-corrected chi connectivity index (χ0v) is 13.0. The van der Waals surface area contributed by atoms with Gasteiger partial charge in [0.1, 0.15) is 12.3 Å². The molecule has 0 saturated heterocycles. The number of non-ortho nitro benzene ring substituents is 1. The average molecular weight is 342 g/mol. The molecule has 0 spiro atoms. The number of benzene rings is 1. The molecule has 8 heteroatoms. The first kappa shape index (κ1) is 17.7. The predicted octanol–water partition coefficient (Wildman–Crippen LogP) is 2.69. The van der Waals surface area contributed by atoms with Crippen LogP contribution in [0.25, 0.3) is 6.08 Å². The van der Waals surface area contributed by atoms with Crippen LogP contribution in [0.4, 0.5) is 5.69 Å². The summed E-state index contributed by atoms with van der Waals surface area (Å²) in [5.41, 5.74) is 0.237. The van der Waals surface area contributed by atoms with Crippen molar-refractivity contribution in [1.29, 1.82) is 0 Å². The van der Waals surface area contributed by atoms with Gasteiger partial charge in [-0.3, -0.25) is 14.9 Å². The lowest BCUT2D eigenvalue weighted by molar-refractivity contribution is -0.384. The van der Waals surface area contributed by atoms with Crippen molar-refractivity contribution in [2.24, 2.45) is 0 Å². The number of nitrogens with zero attached hydrogens (tertiary/aromatic N) is 1. The Kier molecular flexibility index (Phi) is 5.83. The highest BCUT2D eigenvalue weighted by molar-refractivity contribution is 6.02. The van der Waals surface area contributed by atoms with Crippen LogP contribution in [0.3, 0.4) is 0 Å². The van der Waals surface area contributed by atoms with Crippen LogP contribution in [0.2, 0.25) is 0 Å². The zero-order chi connectivity index (χ0) is 18.2. The molecule has 0 aliphatic heterocycles. The van der Waals surface area contributed by atoms with E-state index in [0.29, 0.717) is 5.56 Å². The molecule has 0 fully saturated rings. The van der Waals surface area contributed by atoms with Gasteiger partial charge in [0.25, 0.3) is 11.6 Å². The molecule has 0 radical (unpaired) electrons. The molecule has 1 heterocycles. The van der Waals surface area contributed by atoms with Crippen molar-refractivity contribution >= 4 is 23.6 Å². The van der Waals surface area contributed by atoms with Crippen LogP contribution in [0.15, 0.2) is 65.4 Å². The first-order chi connectivity index (χ1) is 12.0. The fourth-order valence-corrected chi connectivity index (χ4v) is 1.81. The lowest BCUT2D eigenvalue weighted by Crippen LogP contribution is -2.28. The number of carbonyl (C=O) groups is 2. The number of furan rings is 1. The summed E-state index contributed by atoms with van der Waals surface area (Å²) in [4.78, 5) is 34.3. The van der Waals surface area contributed by atoms with Crippen molar-refractivity contribution in [3.8, 4) is 0 Å². The van der Waals surface area contributed by atoms with E-state index in [1.54, 1.807) is 0 Å². The van der Waals surface area contributed by atoms with E-state index < -0.39 is 16.8 Å². The number of nitrogens with one attached hydrogen (secondary N) is 1. The van der Waals surface area contributed by atoms with Crippen molar-refractivity contribution in [3.63, 3.8) is 0 Å². The Hall–Kier alpha value is -3.68. The summed E-state index contributed by atoms with van der Waals surface area (Å²) in [6.07, 6.45) is 4.05. The molecule has 25 heavy (non-hydrogen) atoms. The summed E-state index contributed by atoms with van der Waals surface area (Å²) in [5, 5.41) is 13.1. The monoisotopic (exact) mass is 342 g/mol. The molecular weight excluding hydrogens is 328 g/mol. The summed E-state index contributed by atoms with van der Waals surface area (Å²) in [6, 6.07) is 8.42. The lowest BCUT2D eigenvalue weighted by atomic mass is 10.1. The largest absolute Gasteiger partial charge is 0.459 e. The highest BCUT2D eigenvalue weighted by Crippen LogP contribution is 2.14. The van der Waals surface area contributed by atoms with Crippen molar-refractivity contribution in [2.75, 3.05) is 6.61 Å². The van der Waals surface area contributed by atoms with Gasteiger partial charge in [-0.15, -0.1) is 0 Å². The Bertz CT molecular complexity index is 806. The van der Waals surface area contributed by atoms with E-state index in [4.69, 9.17) is 9.15 Å². The SMILES string of the molecule is C=CCOC(=O)/C(=C\c1ccc([N+](=O)[O-])cc1)NC(=O)c1ccco1. The van der Waals surface area contributed by atoms with Crippen LogP contribution < -0.4 is 5.32 Å². The molecule has 0 bridgehead atoms. The second-order valence-corrected chi connectivity index (χ2v) is 4.73. The number of hydrogen-bond donors (Lipinski definition) is 1. The van der Waals surface area contributed by atoms with Gasteiger partial charge in [-0.1, -0.05) is 12.7 Å². The first-order valence-electron chi connectivity index (χ1n) is 7.10. The fourth-order valence-electron chi connectivity index (χ4n) is 1.81. The van der Waals surface area contributed by atoms with Crippen LogP contribution in [-0.2, 0) is 9.53 Å². The van der Waals surface area contributed by atoms with Crippen molar-refractivity contribution in [3.05, 3.63) is 82.5 Å². The van der Waals surface area contributed by atoms with E-state index in [9.17, 15) is 19.7 Å². The molecule has 1 amide bonds. The van der Waals surface area contributed by atoms with Crippen molar-refractivity contribution < 1.29 is 23.7 Å². The number of hydrogen-bond acceptors (Lipinski definition) is 6. The lowest BCUT2D eigenvalue weighted by Gasteiger charge is -2.08. The van der Waals surface area contributed by atoms with Crippen LogP contribution in [0.1, 0.15) is 16.1 Å². The van der Waals surface area contributed by atoms with Gasteiger partial charge in [0.05, 0.1) is 11.2 Å². The topological polar surface area (TPSA) is 112 Å². The maximum Gasteiger partial charge on any atom is 0.355 e. The van der Waals surface area contributed by atoms with Crippen LogP contribution >= 0.6 is 0 Å². The van der Waals surface area contributed by atoms with Crippen LogP contribution in [0.5, 0.6) is 0 Å². The normalized spacial score (nSPS) is 10.8. The zero-order valence-electron chi connectivity index (χ0n) is 13.0. The summed E-state index contributed by atoms with van der Waals surface area (Å²) in [5.74, 6) is -1.39. The van der Waals surface area contributed by atoms with Crippen LogP contribution in [-0.4, -0.2) is 23.4 Å². The Labute approximate surface area is 142 Å². The minimum atomic E-state index is -0.779. The van der Waals surface area contributed by atoms with Gasteiger partial charge in [-0.25, -0.2) is 4.79 Å². The molecular formula is C17H14N2O6. The fraction of sp³-hybridized carbons (Fsp3) is 0.0588. The van der Waals surface area contributed by atoms with Gasteiger partial charge in [0.2, 0.25) is 0 Å². The van der Waals surface area contributed by atoms with E-state index >= 15 is 0 Å². The molecule has 8 nitrogen and oxygen atoms in total. The maximum absolute atomic E-state index is 12.1. The van der Waals surface area contributed by atoms with E-state index in [-0.39, 0.29) is 23.8 Å². The van der Waals surface area contributed by atoms with Crippen LogP contribution in [0, 0.1) is 10.1 Å². The number of rotatable bonds is 7. The van der Waals surface area contributed by atoms with E-state index in [1.165, 1.54) is 54.8 Å². The summed E-state index contributed by atoms with van der Waals surface area (Å²) in [7, 11) is 0. The molecule has 1 aromatic heterocycles. The summed E-state index contributed by atoms with van der Waals surface area (Å²) < 4.78 is 9.89. The average Bonchev–Trinajstić information content (AvgIpc) is 3.14. The Morgan fingerprint density at radius 3 is 2.56 bits per heavy atom. The maximum atomic E-state index is 12.1. The molecule has 2 aromatic rings. The molecule has 1 aromatic carbocycles. The Morgan fingerprint density at radius 2 is 2.00 bits per heavy atom. The highest BCUT2D eigenvalue weighted by Gasteiger charge is 2.17. The smallest absolute Gasteiger partial charge is 0.355 e. The number of esters is 1. The molecule has 1 N–H and O–H groups in total. The van der Waals surface area contributed by atoms with Crippen molar-refractivity contribution in [2.45, 2.75) is 0 Å². The molecule has 0 saturated carbocycles. The number of nitro benzene ring substituents is 1. The van der Waals surface area contributed by atoms with Crippen molar-refractivity contribution in [1.82, 2.24) is 5.32 Å². The second kappa shape index (κ2) is 8.25. The first-order valence-corrected chi connectivity index (χ1v) is 7.10. The quantitative estimate of drug-likeness (QED) is 0.272. The third-order valence-corrected chi connectivity index (χ3v) is 2.96. The van der Waals surface area contributed by atoms with Gasteiger partial charge in [-0.05, 0) is 35.9 Å². The molecule has 2 rings (SSSR count). The third kappa shape index (κ3) is 4.90. The number of carbonyl (C=O) groups excluding carboxylic acids is 2. The Morgan fingerprint density at radius 1 is 1.28 bits per heavy atom. The molecule has 0 unspecified atom stereocenters.